The van der Waals surface area contributed by atoms with Crippen LogP contribution < -0.4 is 5.32 Å². The Morgan fingerprint density at radius 3 is 2.69 bits per heavy atom. The summed E-state index contributed by atoms with van der Waals surface area (Å²) in [5, 5.41) is 11.4. The molecule has 2 N–H and O–H groups in total. The van der Waals surface area contributed by atoms with Crippen molar-refractivity contribution >= 4 is 28.5 Å². The van der Waals surface area contributed by atoms with E-state index in [1.165, 1.54) is 23.8 Å². The summed E-state index contributed by atoms with van der Waals surface area (Å²) in [6.45, 7) is 9.73. The number of nitrogens with zero attached hydrogens (tertiary/aromatic N) is 3. The number of benzene rings is 2. The van der Waals surface area contributed by atoms with E-state index in [0.29, 0.717) is 24.3 Å². The Bertz CT molecular complexity index is 1550. The van der Waals surface area contributed by atoms with E-state index < -0.39 is 11.6 Å². The number of halogens is 2. The van der Waals surface area contributed by atoms with Gasteiger partial charge in [-0.1, -0.05) is 31.7 Å². The van der Waals surface area contributed by atoms with Crippen LogP contribution in [-0.4, -0.2) is 44.7 Å². The van der Waals surface area contributed by atoms with Crippen LogP contribution >= 0.6 is 0 Å². The van der Waals surface area contributed by atoms with Gasteiger partial charge in [0.2, 0.25) is 0 Å². The van der Waals surface area contributed by atoms with Gasteiger partial charge < -0.3 is 9.88 Å². The van der Waals surface area contributed by atoms with Gasteiger partial charge in [0.1, 0.15) is 11.6 Å². The number of carbonyl (C=O) groups excluding carboxylic acids is 1. The lowest BCUT2D eigenvalue weighted by molar-refractivity contribution is 0.0867. The molecule has 2 aromatic heterocycles. The second-order valence-electron chi connectivity index (χ2n) is 10.7. The van der Waals surface area contributed by atoms with E-state index >= 15 is 0 Å². The van der Waals surface area contributed by atoms with Crippen LogP contribution in [-0.2, 0) is 13.6 Å². The molecule has 0 bridgehead atoms. The smallest absolute Gasteiger partial charge is 0.251 e. The number of fused-ring (bicyclic) bond motifs is 1. The molecule has 1 aliphatic rings. The third-order valence-corrected chi connectivity index (χ3v) is 7.30. The molecule has 6 nitrogen and oxygen atoms in total. The van der Waals surface area contributed by atoms with Crippen molar-refractivity contribution in [2.45, 2.75) is 32.9 Å². The van der Waals surface area contributed by atoms with E-state index in [1.54, 1.807) is 6.07 Å². The van der Waals surface area contributed by atoms with E-state index in [4.69, 9.17) is 0 Å². The van der Waals surface area contributed by atoms with Gasteiger partial charge in [0.15, 0.2) is 0 Å². The van der Waals surface area contributed by atoms with E-state index in [0.717, 1.165) is 28.5 Å². The molecule has 4 aromatic rings. The molecule has 8 heteroatoms. The number of nitrogens with one attached hydrogen (secondary N) is 2. The molecule has 2 unspecified atom stereocenters. The predicted octanol–water partition coefficient (Wildman–Crippen LogP) is 5.86. The van der Waals surface area contributed by atoms with Crippen molar-refractivity contribution in [3.8, 4) is 0 Å². The lowest BCUT2D eigenvalue weighted by Crippen LogP contribution is -2.50. The van der Waals surface area contributed by atoms with Gasteiger partial charge in [0, 0.05) is 61.6 Å². The molecule has 3 heterocycles. The van der Waals surface area contributed by atoms with Crippen molar-refractivity contribution in [1.82, 2.24) is 25.0 Å². The number of piperidine rings is 1. The number of allylic oxidation sites excluding steroid dienone is 2. The molecule has 0 spiro atoms. The van der Waals surface area contributed by atoms with Gasteiger partial charge >= 0.3 is 0 Å². The van der Waals surface area contributed by atoms with Crippen LogP contribution in [0.25, 0.3) is 22.6 Å². The third-order valence-electron chi connectivity index (χ3n) is 7.30. The Hall–Kier alpha value is -4.04. The Balaban J connectivity index is 1.29. The van der Waals surface area contributed by atoms with Gasteiger partial charge in [-0.15, -0.1) is 0 Å². The van der Waals surface area contributed by atoms with Crippen LogP contribution in [0.4, 0.5) is 8.78 Å². The molecule has 0 radical (unpaired) electrons. The zero-order chi connectivity index (χ0) is 27.7. The second kappa shape index (κ2) is 11.0. The molecule has 1 fully saturated rings. The highest BCUT2D eigenvalue weighted by molar-refractivity contribution is 6.01. The second-order valence-corrected chi connectivity index (χ2v) is 10.7. The summed E-state index contributed by atoms with van der Waals surface area (Å²) >= 11 is 0. The van der Waals surface area contributed by atoms with Crippen molar-refractivity contribution in [1.29, 1.82) is 0 Å². The third kappa shape index (κ3) is 5.86. The summed E-state index contributed by atoms with van der Waals surface area (Å²) in [5.41, 5.74) is 5.09. The number of amides is 1. The molecular weight excluding hydrogens is 496 g/mol. The maximum Gasteiger partial charge on any atom is 0.251 e. The minimum Gasteiger partial charge on any atom is -0.356 e. The van der Waals surface area contributed by atoms with Crippen LogP contribution in [0, 0.1) is 24.5 Å². The molecule has 39 heavy (non-hydrogen) atoms. The molecule has 0 saturated carbocycles. The first-order valence-electron chi connectivity index (χ1n) is 13.1. The van der Waals surface area contributed by atoms with E-state index in [-0.39, 0.29) is 30.0 Å². The minimum atomic E-state index is -0.548. The summed E-state index contributed by atoms with van der Waals surface area (Å²) in [5.74, 6) is -1.02. The summed E-state index contributed by atoms with van der Waals surface area (Å²) in [6.07, 6.45) is 8.84. The van der Waals surface area contributed by atoms with Crippen molar-refractivity contribution in [3.05, 3.63) is 101 Å². The van der Waals surface area contributed by atoms with Crippen LogP contribution in [0.15, 0.2) is 61.4 Å². The molecule has 202 valence electrons. The van der Waals surface area contributed by atoms with E-state index in [2.05, 4.69) is 42.1 Å². The lowest BCUT2D eigenvalue weighted by atomic mass is 9.95. The Kier molecular flexibility index (Phi) is 7.48. The van der Waals surface area contributed by atoms with Crippen LogP contribution in [0.2, 0.25) is 0 Å². The number of carbonyl (C=O) groups is 1. The van der Waals surface area contributed by atoms with E-state index in [1.807, 2.05) is 47.0 Å². The number of aryl methyl sites for hydroxylation is 2. The van der Waals surface area contributed by atoms with Gasteiger partial charge in [-0.2, -0.15) is 5.10 Å². The fraction of sp³-hybridized carbons (Fsp3) is 0.290. The molecule has 1 amide bonds. The normalized spacial score (nSPS) is 18.2. The van der Waals surface area contributed by atoms with Gasteiger partial charge in [0.05, 0.1) is 11.2 Å². The number of H-pyrrole nitrogens is 1. The predicted molar refractivity (Wildman–Crippen MR) is 151 cm³/mol. The maximum atomic E-state index is 14.2. The number of aromatic amines is 1. The van der Waals surface area contributed by atoms with Gasteiger partial charge in [-0.3, -0.25) is 14.8 Å². The highest BCUT2D eigenvalue weighted by atomic mass is 19.1. The summed E-state index contributed by atoms with van der Waals surface area (Å²) < 4.78 is 30.5. The molecule has 1 saturated heterocycles. The molecule has 2 aromatic carbocycles. The maximum absolute atomic E-state index is 14.2. The highest BCUT2D eigenvalue weighted by Crippen LogP contribution is 2.26. The minimum absolute atomic E-state index is 0.0614. The number of hydrogen-bond acceptors (Lipinski definition) is 3. The van der Waals surface area contributed by atoms with Crippen molar-refractivity contribution in [3.63, 3.8) is 0 Å². The van der Waals surface area contributed by atoms with Crippen molar-refractivity contribution < 1.29 is 13.6 Å². The standard InChI is InChI=1S/C31H33F2N5O/c1-19-12-24(17-38(14-19)18-26-27(32)6-5-7-28(26)33)34-31(39)22-10-11-29-25(13-22)30(36-35-29)20(2)8-9-23-16-37(4)15-21(23)3/h5-11,13,15-16,19,24H,2,12,14,17-18H2,1,3-4H3,(H,34,39)(H,35,36)/b9-8-. The first kappa shape index (κ1) is 26.6. The van der Waals surface area contributed by atoms with E-state index in [9.17, 15) is 13.6 Å². The van der Waals surface area contributed by atoms with Crippen LogP contribution in [0.3, 0.4) is 0 Å². The number of rotatable bonds is 7. The fourth-order valence-electron chi connectivity index (χ4n) is 5.45. The SMILES string of the molecule is C=C(/C=C\c1cn(C)cc1C)c1n[nH]c2ccc(C(=O)NC3CC(C)CN(Cc4c(F)cccc4F)C3)cc12. The molecule has 2 atom stereocenters. The van der Waals surface area contributed by atoms with Crippen LogP contribution in [0.1, 0.15) is 46.1 Å². The number of hydrogen-bond donors (Lipinski definition) is 2. The monoisotopic (exact) mass is 529 g/mol. The van der Waals surface area contributed by atoms with Gasteiger partial charge in [0.25, 0.3) is 5.91 Å². The van der Waals surface area contributed by atoms with Crippen LogP contribution in [0.5, 0.6) is 0 Å². The van der Waals surface area contributed by atoms with Gasteiger partial charge in [-0.25, -0.2) is 8.78 Å². The largest absolute Gasteiger partial charge is 0.356 e. The molecule has 0 aliphatic carbocycles. The Morgan fingerprint density at radius 2 is 1.97 bits per heavy atom. The molecule has 5 rings (SSSR count). The average molecular weight is 530 g/mol. The highest BCUT2D eigenvalue weighted by Gasteiger charge is 2.27. The number of likely N-dealkylation sites (tertiary alicyclic amines) is 1. The summed E-state index contributed by atoms with van der Waals surface area (Å²) in [6, 6.07) is 9.22. The quantitative estimate of drug-likeness (QED) is 0.295. The fourth-order valence-corrected chi connectivity index (χ4v) is 5.45. The van der Waals surface area contributed by atoms with Crippen molar-refractivity contribution in [2.24, 2.45) is 13.0 Å². The zero-order valence-electron chi connectivity index (χ0n) is 22.5. The topological polar surface area (TPSA) is 66.0 Å². The first-order chi connectivity index (χ1) is 18.7. The van der Waals surface area contributed by atoms with Crippen molar-refractivity contribution in [2.75, 3.05) is 13.1 Å². The number of aromatic nitrogens is 3. The summed E-state index contributed by atoms with van der Waals surface area (Å²) in [4.78, 5) is 15.3. The molecule has 1 aliphatic heterocycles. The zero-order valence-corrected chi connectivity index (χ0v) is 22.5. The Morgan fingerprint density at radius 1 is 1.21 bits per heavy atom. The summed E-state index contributed by atoms with van der Waals surface area (Å²) in [7, 11) is 1.99. The van der Waals surface area contributed by atoms with Gasteiger partial charge in [-0.05, 0) is 66.3 Å². The lowest BCUT2D eigenvalue weighted by Gasteiger charge is -2.37. The Labute approximate surface area is 227 Å². The average Bonchev–Trinajstić information content (AvgIpc) is 3.46. The molecular formula is C31H33F2N5O. The first-order valence-corrected chi connectivity index (χ1v) is 13.1.